The SMILES string of the molecule is CC(=O)Nc1ccc(C(=O)N2CCCCC2CCc2ccc(O)cc2)cc1. The number of anilines is 1. The summed E-state index contributed by atoms with van der Waals surface area (Å²) in [5.41, 5.74) is 2.52. The first-order valence-corrected chi connectivity index (χ1v) is 9.49. The van der Waals surface area contributed by atoms with Crippen molar-refractivity contribution in [1.29, 1.82) is 0 Å². The van der Waals surface area contributed by atoms with Crippen LogP contribution in [0.3, 0.4) is 0 Å². The van der Waals surface area contributed by atoms with Crippen LogP contribution in [0.5, 0.6) is 5.75 Å². The Bertz CT molecular complexity index is 784. The van der Waals surface area contributed by atoms with Gasteiger partial charge in [-0.05, 0) is 74.1 Å². The monoisotopic (exact) mass is 366 g/mol. The Morgan fingerprint density at radius 1 is 1.07 bits per heavy atom. The van der Waals surface area contributed by atoms with Crippen LogP contribution in [0.15, 0.2) is 48.5 Å². The van der Waals surface area contributed by atoms with Crippen molar-refractivity contribution in [3.05, 3.63) is 59.7 Å². The summed E-state index contributed by atoms with van der Waals surface area (Å²) in [6.07, 6.45) is 5.00. The molecule has 27 heavy (non-hydrogen) atoms. The average molecular weight is 366 g/mol. The molecule has 0 radical (unpaired) electrons. The lowest BCUT2D eigenvalue weighted by Crippen LogP contribution is -2.44. The highest BCUT2D eigenvalue weighted by Crippen LogP contribution is 2.24. The topological polar surface area (TPSA) is 69.6 Å². The minimum Gasteiger partial charge on any atom is -0.508 e. The number of benzene rings is 2. The Kier molecular flexibility index (Phi) is 6.12. The van der Waals surface area contributed by atoms with E-state index in [-0.39, 0.29) is 23.6 Å². The van der Waals surface area contributed by atoms with Crippen LogP contribution < -0.4 is 5.32 Å². The smallest absolute Gasteiger partial charge is 0.254 e. The summed E-state index contributed by atoms with van der Waals surface area (Å²) in [5, 5.41) is 12.1. The highest BCUT2D eigenvalue weighted by Gasteiger charge is 2.27. The number of hydrogen-bond acceptors (Lipinski definition) is 3. The molecule has 0 bridgehead atoms. The van der Waals surface area contributed by atoms with Gasteiger partial charge in [-0.3, -0.25) is 9.59 Å². The molecular weight excluding hydrogens is 340 g/mol. The van der Waals surface area contributed by atoms with E-state index in [1.54, 1.807) is 36.4 Å². The maximum Gasteiger partial charge on any atom is 0.254 e. The van der Waals surface area contributed by atoms with Gasteiger partial charge in [0.15, 0.2) is 0 Å². The Morgan fingerprint density at radius 2 is 1.78 bits per heavy atom. The summed E-state index contributed by atoms with van der Waals surface area (Å²) in [4.78, 5) is 26.1. The molecule has 5 heteroatoms. The maximum absolute atomic E-state index is 13.0. The van der Waals surface area contributed by atoms with Crippen LogP contribution in [0.1, 0.15) is 48.5 Å². The molecule has 1 heterocycles. The second kappa shape index (κ2) is 8.71. The van der Waals surface area contributed by atoms with Crippen molar-refractivity contribution in [3.8, 4) is 5.75 Å². The number of aromatic hydroxyl groups is 1. The van der Waals surface area contributed by atoms with Crippen molar-refractivity contribution in [1.82, 2.24) is 4.90 Å². The van der Waals surface area contributed by atoms with Gasteiger partial charge < -0.3 is 15.3 Å². The molecule has 2 N–H and O–H groups in total. The zero-order valence-electron chi connectivity index (χ0n) is 15.6. The van der Waals surface area contributed by atoms with E-state index in [0.29, 0.717) is 11.3 Å². The predicted molar refractivity (Wildman–Crippen MR) is 106 cm³/mol. The number of likely N-dealkylation sites (tertiary alicyclic amines) is 1. The van der Waals surface area contributed by atoms with Gasteiger partial charge in [0.2, 0.25) is 5.91 Å². The molecule has 5 nitrogen and oxygen atoms in total. The van der Waals surface area contributed by atoms with Crippen molar-refractivity contribution < 1.29 is 14.7 Å². The van der Waals surface area contributed by atoms with Gasteiger partial charge in [0.25, 0.3) is 5.91 Å². The van der Waals surface area contributed by atoms with Crippen molar-refractivity contribution in [2.24, 2.45) is 0 Å². The molecule has 1 unspecified atom stereocenters. The first-order chi connectivity index (χ1) is 13.0. The van der Waals surface area contributed by atoms with Crippen LogP contribution in [-0.2, 0) is 11.2 Å². The molecule has 1 saturated heterocycles. The van der Waals surface area contributed by atoms with Crippen LogP contribution >= 0.6 is 0 Å². The van der Waals surface area contributed by atoms with Crippen LogP contribution in [0.2, 0.25) is 0 Å². The van der Waals surface area contributed by atoms with Gasteiger partial charge in [-0.15, -0.1) is 0 Å². The number of hydrogen-bond donors (Lipinski definition) is 2. The first kappa shape index (κ1) is 19.0. The van der Waals surface area contributed by atoms with E-state index in [1.165, 1.54) is 12.5 Å². The van der Waals surface area contributed by atoms with Crippen molar-refractivity contribution in [3.63, 3.8) is 0 Å². The molecule has 1 aliphatic rings. The fourth-order valence-electron chi connectivity index (χ4n) is 3.63. The van der Waals surface area contributed by atoms with Gasteiger partial charge in [-0.2, -0.15) is 0 Å². The number of aryl methyl sites for hydroxylation is 1. The van der Waals surface area contributed by atoms with Crippen molar-refractivity contribution >= 4 is 17.5 Å². The summed E-state index contributed by atoms with van der Waals surface area (Å²) in [7, 11) is 0. The fourth-order valence-corrected chi connectivity index (χ4v) is 3.63. The number of nitrogens with zero attached hydrogens (tertiary/aromatic N) is 1. The van der Waals surface area contributed by atoms with Crippen LogP contribution in [0.25, 0.3) is 0 Å². The number of amides is 2. The van der Waals surface area contributed by atoms with Crippen LogP contribution in [-0.4, -0.2) is 34.4 Å². The normalized spacial score (nSPS) is 16.8. The van der Waals surface area contributed by atoms with Gasteiger partial charge in [-0.25, -0.2) is 0 Å². The minimum atomic E-state index is -0.126. The van der Waals surface area contributed by atoms with Crippen LogP contribution in [0, 0.1) is 0 Å². The molecule has 3 rings (SSSR count). The second-order valence-electron chi connectivity index (χ2n) is 7.11. The number of phenols is 1. The number of carbonyl (C=O) groups is 2. The fraction of sp³-hybridized carbons (Fsp3) is 0.364. The molecular formula is C22H26N2O3. The van der Waals surface area contributed by atoms with Gasteiger partial charge >= 0.3 is 0 Å². The standard InChI is InChI=1S/C22H26N2O3/c1-16(25)23-19-10-8-18(9-11-19)22(27)24-15-3-2-4-20(24)12-5-17-6-13-21(26)14-7-17/h6-11,13-14,20,26H,2-5,12,15H2,1H3,(H,23,25). The zero-order chi connectivity index (χ0) is 19.2. The molecule has 2 aromatic carbocycles. The molecule has 142 valence electrons. The highest BCUT2D eigenvalue weighted by atomic mass is 16.3. The molecule has 0 aromatic heterocycles. The maximum atomic E-state index is 13.0. The molecule has 0 saturated carbocycles. The Morgan fingerprint density at radius 3 is 2.44 bits per heavy atom. The number of rotatable bonds is 5. The van der Waals surface area contributed by atoms with Gasteiger partial charge in [0.05, 0.1) is 0 Å². The quantitative estimate of drug-likeness (QED) is 0.841. The number of carbonyl (C=O) groups excluding carboxylic acids is 2. The van der Waals surface area contributed by atoms with Gasteiger partial charge in [0.1, 0.15) is 5.75 Å². The predicted octanol–water partition coefficient (Wildman–Crippen LogP) is 3.98. The van der Waals surface area contributed by atoms with Crippen LogP contribution in [0.4, 0.5) is 5.69 Å². The van der Waals surface area contributed by atoms with E-state index in [2.05, 4.69) is 5.32 Å². The highest BCUT2D eigenvalue weighted by molar-refractivity contribution is 5.95. The largest absolute Gasteiger partial charge is 0.508 e. The third-order valence-electron chi connectivity index (χ3n) is 5.04. The third-order valence-corrected chi connectivity index (χ3v) is 5.04. The molecule has 1 fully saturated rings. The van der Waals surface area contributed by atoms with Crippen molar-refractivity contribution in [2.45, 2.75) is 45.1 Å². The summed E-state index contributed by atoms with van der Waals surface area (Å²) in [5.74, 6) is 0.204. The average Bonchev–Trinajstić information content (AvgIpc) is 2.67. The lowest BCUT2D eigenvalue weighted by Gasteiger charge is -2.36. The lowest BCUT2D eigenvalue weighted by molar-refractivity contribution is -0.114. The van der Waals surface area contributed by atoms with E-state index >= 15 is 0 Å². The summed E-state index contributed by atoms with van der Waals surface area (Å²) < 4.78 is 0. The van der Waals surface area contributed by atoms with Gasteiger partial charge in [0, 0.05) is 30.8 Å². The summed E-state index contributed by atoms with van der Waals surface area (Å²) in [6.45, 7) is 2.25. The minimum absolute atomic E-state index is 0.0554. The van der Waals surface area contributed by atoms with E-state index in [1.807, 2.05) is 17.0 Å². The second-order valence-corrected chi connectivity index (χ2v) is 7.11. The Labute approximate surface area is 160 Å². The number of nitrogens with one attached hydrogen (secondary N) is 1. The van der Waals surface area contributed by atoms with E-state index in [4.69, 9.17) is 0 Å². The van der Waals surface area contributed by atoms with Crippen molar-refractivity contribution in [2.75, 3.05) is 11.9 Å². The molecule has 0 aliphatic carbocycles. The number of piperidine rings is 1. The third kappa shape index (κ3) is 5.09. The summed E-state index contributed by atoms with van der Waals surface area (Å²) >= 11 is 0. The molecule has 0 spiro atoms. The Balaban J connectivity index is 1.65. The number of phenolic OH excluding ortho intramolecular Hbond substituents is 1. The summed E-state index contributed by atoms with van der Waals surface area (Å²) in [6, 6.07) is 14.6. The van der Waals surface area contributed by atoms with Gasteiger partial charge in [-0.1, -0.05) is 12.1 Å². The molecule has 2 amide bonds. The molecule has 1 aliphatic heterocycles. The Hall–Kier alpha value is -2.82. The molecule has 1 atom stereocenters. The zero-order valence-corrected chi connectivity index (χ0v) is 15.6. The lowest BCUT2D eigenvalue weighted by atomic mass is 9.95. The van der Waals surface area contributed by atoms with E-state index < -0.39 is 0 Å². The first-order valence-electron chi connectivity index (χ1n) is 9.49. The van der Waals surface area contributed by atoms with E-state index in [9.17, 15) is 14.7 Å². The van der Waals surface area contributed by atoms with E-state index in [0.717, 1.165) is 38.6 Å². The molecule has 2 aromatic rings.